The molecule has 61 heavy (non-hydrogen) atoms. The molecule has 1 amide bonds. The lowest BCUT2D eigenvalue weighted by Gasteiger charge is -2.37. The fraction of sp³-hybridized carbons (Fsp3) is 0.969. The van der Waals surface area contributed by atoms with Crippen molar-refractivity contribution in [2.24, 2.45) is 5.41 Å². The lowest BCUT2D eigenvalue weighted by Crippen LogP contribution is -2.50. The van der Waals surface area contributed by atoms with Crippen molar-refractivity contribution in [1.82, 2.24) is 5.32 Å². The van der Waals surface area contributed by atoms with Crippen LogP contribution in [0.25, 0.3) is 0 Å². The third kappa shape index (κ3) is 21.6. The van der Waals surface area contributed by atoms with Crippen LogP contribution in [-0.2, 0) is 58.8 Å². The molecule has 14 nitrogen and oxygen atoms in total. The average molecular weight is 978 g/mol. The summed E-state index contributed by atoms with van der Waals surface area (Å²) in [4.78, 5) is 12.9. The highest BCUT2D eigenvalue weighted by Gasteiger charge is 2.55. The first-order valence-corrected chi connectivity index (χ1v) is 24.1. The van der Waals surface area contributed by atoms with Crippen molar-refractivity contribution in [2.45, 2.75) is 113 Å². The largest absolute Gasteiger partial charge is 0.500 e. The Kier molecular flexibility index (Phi) is 24.4. The van der Waals surface area contributed by atoms with E-state index in [1.807, 2.05) is 5.32 Å². The number of carbonyl (C=O) groups is 1. The molecule has 0 aliphatic carbocycles. The molecule has 0 saturated heterocycles. The van der Waals surface area contributed by atoms with Crippen LogP contribution in [-0.4, -0.2) is 152 Å². The molecule has 0 unspecified atom stereocenters. The van der Waals surface area contributed by atoms with Gasteiger partial charge in [0.05, 0.1) is 0 Å². The molecule has 0 rings (SSSR count). The summed E-state index contributed by atoms with van der Waals surface area (Å²) in [6.07, 6.45) is -25.1. The molecule has 0 aromatic rings. The van der Waals surface area contributed by atoms with Gasteiger partial charge in [-0.25, -0.2) is 8.78 Å². The first kappa shape index (κ1) is 59.8. The Morgan fingerprint density at radius 2 is 0.836 bits per heavy atom. The van der Waals surface area contributed by atoms with Crippen molar-refractivity contribution in [2.75, 3.05) is 83.7 Å². The third-order valence-corrected chi connectivity index (χ3v) is 17.9. The van der Waals surface area contributed by atoms with Crippen LogP contribution >= 0.6 is 0 Å². The summed E-state index contributed by atoms with van der Waals surface area (Å²) >= 11 is 0. The fourth-order valence-electron chi connectivity index (χ4n) is 6.34. The van der Waals surface area contributed by atoms with Crippen LogP contribution < -0.4 is 5.32 Å². The Hall–Kier alpha value is -1.20. The van der Waals surface area contributed by atoms with Crippen LogP contribution in [0.5, 0.6) is 0 Å². The summed E-state index contributed by atoms with van der Waals surface area (Å²) in [5, 5.41) is 1.96. The highest BCUT2D eigenvalue weighted by Crippen LogP contribution is 2.41. The SMILES string of the molecule is CO[Si](CCCC(CCC[Si](OC)(OC)OC)(CCC[Si](OC)(OC)OC)CNC(=O)C(F)(F)CC(F)(F)OC(F)(F)COCC(F)(F)CC(F)(F)OC(C)(F)F)(OC)OC. The van der Waals surface area contributed by atoms with Gasteiger partial charge >= 0.3 is 56.8 Å². The molecule has 0 spiro atoms. The van der Waals surface area contributed by atoms with Gasteiger partial charge < -0.3 is 49.9 Å². The van der Waals surface area contributed by atoms with Gasteiger partial charge in [-0.3, -0.25) is 14.3 Å². The summed E-state index contributed by atoms with van der Waals surface area (Å²) in [5.74, 6) is -12.3. The molecule has 0 fully saturated rings. The van der Waals surface area contributed by atoms with Crippen LogP contribution in [0, 0.1) is 5.41 Å². The maximum atomic E-state index is 15.2. The summed E-state index contributed by atoms with van der Waals surface area (Å²) < 4.78 is 227. The second-order valence-corrected chi connectivity index (χ2v) is 23.2. The third-order valence-electron chi connectivity index (χ3n) is 9.43. The fourth-order valence-corrected chi connectivity index (χ4v) is 11.5. The number of nitrogens with one attached hydrogen (secondary N) is 1. The van der Waals surface area contributed by atoms with Crippen molar-refractivity contribution < 1.29 is 112 Å². The zero-order chi connectivity index (χ0) is 47.7. The number of alkyl halides is 12. The molecule has 29 heteroatoms. The van der Waals surface area contributed by atoms with E-state index in [1.165, 1.54) is 64.0 Å². The number of ether oxygens (including phenoxy) is 3. The predicted octanol–water partition coefficient (Wildman–Crippen LogP) is 7.56. The predicted molar refractivity (Wildman–Crippen MR) is 195 cm³/mol. The zero-order valence-corrected chi connectivity index (χ0v) is 38.7. The van der Waals surface area contributed by atoms with Gasteiger partial charge in [0.15, 0.2) is 0 Å². The normalized spacial score (nSPS) is 14.5. The van der Waals surface area contributed by atoms with Crippen LogP contribution in [0.3, 0.4) is 0 Å². The van der Waals surface area contributed by atoms with Gasteiger partial charge in [-0.1, -0.05) is 0 Å². The Labute approximate surface area is 350 Å². The second kappa shape index (κ2) is 24.9. The molecule has 0 heterocycles. The van der Waals surface area contributed by atoms with Gasteiger partial charge in [0.1, 0.15) is 26.1 Å². The monoisotopic (exact) mass is 977 g/mol. The molecule has 1 N–H and O–H groups in total. The summed E-state index contributed by atoms with van der Waals surface area (Å²) in [7, 11) is 2.68. The number of amides is 1. The van der Waals surface area contributed by atoms with E-state index >= 15 is 8.78 Å². The number of rotatable bonds is 36. The molecule has 0 aromatic carbocycles. The van der Waals surface area contributed by atoms with Gasteiger partial charge in [-0.05, 0) is 43.9 Å². The van der Waals surface area contributed by atoms with Crippen LogP contribution in [0.4, 0.5) is 52.7 Å². The van der Waals surface area contributed by atoms with Gasteiger partial charge in [0.25, 0.3) is 11.8 Å². The van der Waals surface area contributed by atoms with Gasteiger partial charge in [-0.15, -0.1) is 0 Å². The van der Waals surface area contributed by atoms with Gasteiger partial charge in [-0.2, -0.15) is 43.9 Å². The lowest BCUT2D eigenvalue weighted by molar-refractivity contribution is -0.396. The molecule has 0 aliphatic rings. The highest BCUT2D eigenvalue weighted by molar-refractivity contribution is 6.61. The van der Waals surface area contributed by atoms with Crippen molar-refractivity contribution in [3.05, 3.63) is 0 Å². The standard InChI is InChI=1S/C32H59F12NO13Si3/c1-26(33,34)57-30(39,40)20-28(35,36)23-56-24-32(43,44)58-31(41,42)21-29(37,38)25(46)45-22-27(14-11-17-59(47-2,48-3)49-4,15-12-18-60(50-5,51-6)52-7)16-13-19-61(53-8,54-9)55-10/h11-24H2,1-10H3,(H,45,46). The number of hydrogen-bond acceptors (Lipinski definition) is 13. The Balaban J connectivity index is 6.32. The molecule has 0 aromatic heterocycles. The smallest absolute Gasteiger partial charge is 0.377 e. The van der Waals surface area contributed by atoms with Crippen molar-refractivity contribution in [1.29, 1.82) is 0 Å². The Bertz CT molecular complexity index is 1180. The van der Waals surface area contributed by atoms with E-state index in [4.69, 9.17) is 39.8 Å². The average Bonchev–Trinajstić information content (AvgIpc) is 3.13. The van der Waals surface area contributed by atoms with Gasteiger partial charge in [0, 0.05) is 95.6 Å². The second-order valence-electron chi connectivity index (χ2n) is 14.0. The molecule has 0 radical (unpaired) electrons. The van der Waals surface area contributed by atoms with E-state index in [2.05, 4.69) is 14.2 Å². The van der Waals surface area contributed by atoms with E-state index in [-0.39, 0.29) is 63.6 Å². The maximum absolute atomic E-state index is 15.2. The van der Waals surface area contributed by atoms with Gasteiger partial charge in [0.2, 0.25) is 0 Å². The number of hydrogen-bond donors (Lipinski definition) is 1. The first-order valence-electron chi connectivity index (χ1n) is 18.3. The van der Waals surface area contributed by atoms with E-state index in [0.717, 1.165) is 0 Å². The molecular formula is C32H59F12NO13Si3. The van der Waals surface area contributed by atoms with Crippen LogP contribution in [0.1, 0.15) is 58.3 Å². The molecular weight excluding hydrogens is 919 g/mol. The van der Waals surface area contributed by atoms with E-state index in [1.54, 1.807) is 0 Å². The minimum absolute atomic E-state index is 0.160. The minimum atomic E-state index is -5.53. The van der Waals surface area contributed by atoms with Crippen molar-refractivity contribution in [3.63, 3.8) is 0 Å². The molecule has 0 aliphatic heterocycles. The van der Waals surface area contributed by atoms with E-state index in [0.29, 0.717) is 0 Å². The van der Waals surface area contributed by atoms with E-state index in [9.17, 15) is 48.7 Å². The summed E-state index contributed by atoms with van der Waals surface area (Å²) in [6.45, 7) is -5.67. The topological polar surface area (TPSA) is 140 Å². The number of carbonyl (C=O) groups excluding carboxylic acids is 1. The van der Waals surface area contributed by atoms with Crippen molar-refractivity contribution >= 4 is 32.3 Å². The van der Waals surface area contributed by atoms with E-state index < -0.39 is 107 Å². The quantitative estimate of drug-likeness (QED) is 0.0489. The highest BCUT2D eigenvalue weighted by atomic mass is 28.4. The Morgan fingerprint density at radius 1 is 0.492 bits per heavy atom. The summed E-state index contributed by atoms with van der Waals surface area (Å²) in [6, 6.07) is 0.625. The lowest BCUT2D eigenvalue weighted by atomic mass is 9.75. The maximum Gasteiger partial charge on any atom is 0.500 e. The minimum Gasteiger partial charge on any atom is -0.377 e. The molecule has 366 valence electrons. The number of halogens is 12. The molecule has 0 atom stereocenters. The molecule has 0 saturated carbocycles. The Morgan fingerprint density at radius 3 is 1.16 bits per heavy atom. The van der Waals surface area contributed by atoms with Crippen LogP contribution in [0.15, 0.2) is 0 Å². The first-order chi connectivity index (χ1) is 27.8. The summed E-state index contributed by atoms with van der Waals surface area (Å²) in [5.41, 5.74) is -1.12. The van der Waals surface area contributed by atoms with Crippen LogP contribution in [0.2, 0.25) is 18.1 Å². The molecule has 0 bridgehead atoms. The van der Waals surface area contributed by atoms with Crippen molar-refractivity contribution in [3.8, 4) is 0 Å². The zero-order valence-electron chi connectivity index (χ0n) is 35.7.